The summed E-state index contributed by atoms with van der Waals surface area (Å²) in [4.78, 5) is 4.19. The van der Waals surface area contributed by atoms with E-state index in [1.54, 1.807) is 0 Å². The number of hydrogen-bond donors (Lipinski definition) is 0. The molecule has 2 aromatic carbocycles. The number of rotatable bonds is 2. The van der Waals surface area contributed by atoms with Crippen LogP contribution >= 0.6 is 0 Å². The van der Waals surface area contributed by atoms with Gasteiger partial charge in [0, 0.05) is 5.39 Å². The van der Waals surface area contributed by atoms with Crippen LogP contribution in [0.25, 0.3) is 10.8 Å². The van der Waals surface area contributed by atoms with Crippen LogP contribution in [0.5, 0.6) is 0 Å². The van der Waals surface area contributed by atoms with Crippen LogP contribution in [0.3, 0.4) is 0 Å². The fourth-order valence-corrected chi connectivity index (χ4v) is 2.24. The van der Waals surface area contributed by atoms with Crippen molar-refractivity contribution < 1.29 is 0 Å². The molecule has 0 bridgehead atoms. The molecule has 0 aromatic heterocycles. The van der Waals surface area contributed by atoms with Gasteiger partial charge in [-0.2, -0.15) is 0 Å². The van der Waals surface area contributed by atoms with Crippen LogP contribution in [0.1, 0.15) is 24.3 Å². The van der Waals surface area contributed by atoms with Crippen molar-refractivity contribution in [3.8, 4) is 0 Å². The van der Waals surface area contributed by atoms with Crippen molar-refractivity contribution in [2.75, 3.05) is 0 Å². The topological polar surface area (TPSA) is 12.4 Å². The fraction of sp³-hybridized carbons (Fsp3) is 0.200. The number of benzene rings is 2. The number of nitrogens with zero attached hydrogens (tertiary/aromatic N) is 1. The van der Waals surface area contributed by atoms with Gasteiger partial charge in [-0.25, -0.2) is 4.99 Å². The van der Waals surface area contributed by atoms with E-state index in [1.165, 1.54) is 29.2 Å². The monoisotopic (exact) mass is 207 g/mol. The van der Waals surface area contributed by atoms with Crippen molar-refractivity contribution in [1.82, 2.24) is 0 Å². The Morgan fingerprint density at radius 1 is 1.06 bits per heavy atom. The highest BCUT2D eigenvalue weighted by atomic mass is 14.7. The molecule has 1 fully saturated rings. The van der Waals surface area contributed by atoms with Gasteiger partial charge in [-0.15, -0.1) is 0 Å². The van der Waals surface area contributed by atoms with E-state index in [-0.39, 0.29) is 0 Å². The molecule has 1 aliphatic rings. The standard InChI is InChI=1S/C15H13N/c1-2-16-15-10-9-12(11-7-8-11)13-5-3-4-6-14(13)15/h3-6,9-11H,1,7-8H2. The summed E-state index contributed by atoms with van der Waals surface area (Å²) in [5, 5.41) is 2.55. The van der Waals surface area contributed by atoms with Crippen molar-refractivity contribution in [2.45, 2.75) is 18.8 Å². The summed E-state index contributed by atoms with van der Waals surface area (Å²) in [6.45, 7) is 3.54. The average molecular weight is 207 g/mol. The highest BCUT2D eigenvalue weighted by Gasteiger charge is 2.25. The second-order valence-electron chi connectivity index (χ2n) is 4.26. The second-order valence-corrected chi connectivity index (χ2v) is 4.26. The van der Waals surface area contributed by atoms with Gasteiger partial charge in [-0.3, -0.25) is 0 Å². The van der Waals surface area contributed by atoms with Crippen LogP contribution in [0.2, 0.25) is 0 Å². The van der Waals surface area contributed by atoms with Crippen LogP contribution in [-0.4, -0.2) is 5.87 Å². The van der Waals surface area contributed by atoms with Crippen LogP contribution in [0, 0.1) is 0 Å². The Bertz CT molecular complexity index is 587. The minimum atomic E-state index is 0.770. The van der Waals surface area contributed by atoms with Crippen molar-refractivity contribution >= 4 is 22.3 Å². The van der Waals surface area contributed by atoms with E-state index in [2.05, 4.69) is 53.8 Å². The van der Waals surface area contributed by atoms with Gasteiger partial charge in [0.2, 0.25) is 0 Å². The molecular formula is C15H13N. The molecule has 0 spiro atoms. The summed E-state index contributed by atoms with van der Waals surface area (Å²) >= 11 is 0. The number of fused-ring (bicyclic) bond motifs is 1. The molecule has 16 heavy (non-hydrogen) atoms. The van der Waals surface area contributed by atoms with Crippen molar-refractivity contribution in [3.05, 3.63) is 48.5 Å². The Morgan fingerprint density at radius 2 is 1.81 bits per heavy atom. The van der Waals surface area contributed by atoms with E-state index in [0.717, 1.165) is 11.6 Å². The molecule has 3 rings (SSSR count). The maximum Gasteiger partial charge on any atom is 0.0807 e. The molecule has 0 radical (unpaired) electrons. The Hall–Kier alpha value is -1.85. The zero-order valence-electron chi connectivity index (χ0n) is 9.11. The average Bonchev–Trinajstić information content (AvgIpc) is 3.14. The largest absolute Gasteiger partial charge is 0.206 e. The Kier molecular flexibility index (Phi) is 2.12. The van der Waals surface area contributed by atoms with E-state index < -0.39 is 0 Å². The third-order valence-corrected chi connectivity index (χ3v) is 3.15. The predicted octanol–water partition coefficient (Wildman–Crippen LogP) is 4.20. The summed E-state index contributed by atoms with van der Waals surface area (Å²) in [7, 11) is 0. The van der Waals surface area contributed by atoms with E-state index in [9.17, 15) is 0 Å². The summed E-state index contributed by atoms with van der Waals surface area (Å²) < 4.78 is 0. The van der Waals surface area contributed by atoms with Gasteiger partial charge in [-0.05, 0) is 48.2 Å². The second kappa shape index (κ2) is 3.62. The molecule has 0 heterocycles. The van der Waals surface area contributed by atoms with Crippen LogP contribution in [0.4, 0.5) is 5.69 Å². The fourth-order valence-electron chi connectivity index (χ4n) is 2.24. The maximum absolute atomic E-state index is 4.19. The normalized spacial score (nSPS) is 14.8. The van der Waals surface area contributed by atoms with Crippen molar-refractivity contribution in [2.24, 2.45) is 4.99 Å². The minimum absolute atomic E-state index is 0.770. The predicted molar refractivity (Wildman–Crippen MR) is 68.6 cm³/mol. The van der Waals surface area contributed by atoms with E-state index in [4.69, 9.17) is 0 Å². The van der Waals surface area contributed by atoms with E-state index in [0.29, 0.717) is 0 Å². The van der Waals surface area contributed by atoms with E-state index in [1.807, 2.05) is 0 Å². The highest BCUT2D eigenvalue weighted by molar-refractivity contribution is 5.96. The van der Waals surface area contributed by atoms with Crippen molar-refractivity contribution in [1.29, 1.82) is 0 Å². The zero-order valence-corrected chi connectivity index (χ0v) is 9.11. The summed E-state index contributed by atoms with van der Waals surface area (Å²) in [6, 6.07) is 12.7. The Morgan fingerprint density at radius 3 is 2.50 bits per heavy atom. The lowest BCUT2D eigenvalue weighted by Gasteiger charge is -2.06. The SMILES string of the molecule is C=C=Nc1ccc(C2CC2)c2ccccc12. The molecule has 1 heteroatoms. The van der Waals surface area contributed by atoms with Gasteiger partial charge in [0.15, 0.2) is 0 Å². The smallest absolute Gasteiger partial charge is 0.0807 e. The third kappa shape index (κ3) is 1.46. The van der Waals surface area contributed by atoms with Crippen LogP contribution in [-0.2, 0) is 0 Å². The molecule has 0 aliphatic heterocycles. The zero-order chi connectivity index (χ0) is 11.0. The first-order valence-electron chi connectivity index (χ1n) is 5.64. The molecule has 0 amide bonds. The van der Waals surface area contributed by atoms with Crippen LogP contribution in [0.15, 0.2) is 48.0 Å². The summed E-state index contributed by atoms with van der Waals surface area (Å²) in [5.74, 6) is 3.39. The quantitative estimate of drug-likeness (QED) is 0.654. The maximum atomic E-state index is 4.19. The van der Waals surface area contributed by atoms with Gasteiger partial charge in [-0.1, -0.05) is 30.3 Å². The van der Waals surface area contributed by atoms with Gasteiger partial charge >= 0.3 is 0 Å². The molecule has 0 N–H and O–H groups in total. The third-order valence-electron chi connectivity index (χ3n) is 3.15. The number of aliphatic imine (C=N–C) groups is 1. The Balaban J connectivity index is 2.32. The van der Waals surface area contributed by atoms with Crippen molar-refractivity contribution in [3.63, 3.8) is 0 Å². The molecular weight excluding hydrogens is 194 g/mol. The first-order chi connectivity index (χ1) is 7.90. The molecule has 2 aromatic rings. The molecule has 0 saturated heterocycles. The highest BCUT2D eigenvalue weighted by Crippen LogP contribution is 2.44. The first-order valence-corrected chi connectivity index (χ1v) is 5.64. The van der Waals surface area contributed by atoms with Gasteiger partial charge in [0.05, 0.1) is 5.69 Å². The first kappa shape index (κ1) is 9.38. The molecule has 1 aliphatic carbocycles. The molecule has 78 valence electrons. The molecule has 1 nitrogen and oxygen atoms in total. The molecule has 0 unspecified atom stereocenters. The lowest BCUT2D eigenvalue weighted by atomic mass is 10.00. The summed E-state index contributed by atoms with van der Waals surface area (Å²) in [5.41, 5.74) is 2.44. The summed E-state index contributed by atoms with van der Waals surface area (Å²) in [6.07, 6.45) is 2.65. The number of hydrogen-bond acceptors (Lipinski definition) is 1. The van der Waals surface area contributed by atoms with Crippen LogP contribution < -0.4 is 0 Å². The van der Waals surface area contributed by atoms with Gasteiger partial charge < -0.3 is 0 Å². The molecule has 0 atom stereocenters. The van der Waals surface area contributed by atoms with E-state index >= 15 is 0 Å². The lowest BCUT2D eigenvalue weighted by Crippen LogP contribution is -1.83. The van der Waals surface area contributed by atoms with Gasteiger partial charge in [0.25, 0.3) is 0 Å². The lowest BCUT2D eigenvalue weighted by molar-refractivity contribution is 1.15. The Labute approximate surface area is 95.1 Å². The van der Waals surface area contributed by atoms with Gasteiger partial charge in [0.1, 0.15) is 0 Å². The minimum Gasteiger partial charge on any atom is -0.206 e. The molecule has 1 saturated carbocycles.